The first-order valence-electron chi connectivity index (χ1n) is 5.73. The van der Waals surface area contributed by atoms with E-state index in [-0.39, 0.29) is 9.72 Å². The lowest BCUT2D eigenvalue weighted by Crippen LogP contribution is -2.23. The molecule has 0 heterocycles. The van der Waals surface area contributed by atoms with Gasteiger partial charge in [0.1, 0.15) is 0 Å². The van der Waals surface area contributed by atoms with E-state index in [0.29, 0.717) is 12.2 Å². The van der Waals surface area contributed by atoms with E-state index in [0.717, 1.165) is 6.42 Å². The Hall–Kier alpha value is -0.690. The molecular weight excluding hydrogens is 340 g/mol. The standard InChI is InChI=1S/C12H16BrF2NO2S/c1-9(13)7-8-16(2)10-5-3-4-6-11(10)19(17,18)12(14)15/h3-6,9,12H,7-8H2,1-2H3. The van der Waals surface area contributed by atoms with Crippen LogP contribution < -0.4 is 4.90 Å². The van der Waals surface area contributed by atoms with E-state index in [4.69, 9.17) is 0 Å². The van der Waals surface area contributed by atoms with Crippen LogP contribution in [-0.4, -0.2) is 32.6 Å². The Kier molecular flexibility index (Phi) is 5.73. The average molecular weight is 356 g/mol. The van der Waals surface area contributed by atoms with E-state index in [1.165, 1.54) is 18.2 Å². The molecule has 0 saturated heterocycles. The van der Waals surface area contributed by atoms with Gasteiger partial charge in [0.25, 0.3) is 0 Å². The smallest absolute Gasteiger partial charge is 0.341 e. The fourth-order valence-corrected chi connectivity index (χ4v) is 2.78. The predicted octanol–water partition coefficient (Wildman–Crippen LogP) is 3.29. The highest BCUT2D eigenvalue weighted by molar-refractivity contribution is 9.09. The first-order valence-corrected chi connectivity index (χ1v) is 8.19. The second kappa shape index (κ2) is 6.65. The molecule has 1 atom stereocenters. The van der Waals surface area contributed by atoms with Crippen LogP contribution in [0, 0.1) is 0 Å². The highest BCUT2D eigenvalue weighted by Gasteiger charge is 2.29. The molecule has 19 heavy (non-hydrogen) atoms. The van der Waals surface area contributed by atoms with Gasteiger partial charge in [-0.15, -0.1) is 0 Å². The van der Waals surface area contributed by atoms with Gasteiger partial charge in [0, 0.05) is 18.4 Å². The van der Waals surface area contributed by atoms with Crippen molar-refractivity contribution >= 4 is 31.5 Å². The summed E-state index contributed by atoms with van der Waals surface area (Å²) >= 11 is 3.39. The third-order valence-corrected chi connectivity index (χ3v) is 4.57. The highest BCUT2D eigenvalue weighted by Crippen LogP contribution is 2.28. The molecule has 1 aromatic carbocycles. The Balaban J connectivity index is 3.09. The zero-order valence-corrected chi connectivity index (χ0v) is 13.1. The molecule has 0 radical (unpaired) electrons. The average Bonchev–Trinajstić information content (AvgIpc) is 2.35. The monoisotopic (exact) mass is 355 g/mol. The maximum absolute atomic E-state index is 12.6. The van der Waals surface area contributed by atoms with Crippen LogP contribution in [0.15, 0.2) is 29.2 Å². The van der Waals surface area contributed by atoms with Crippen molar-refractivity contribution in [2.24, 2.45) is 0 Å². The quantitative estimate of drug-likeness (QED) is 0.734. The second-order valence-corrected chi connectivity index (χ2v) is 7.71. The summed E-state index contributed by atoms with van der Waals surface area (Å²) < 4.78 is 48.5. The van der Waals surface area contributed by atoms with Crippen LogP contribution in [0.1, 0.15) is 13.3 Å². The maximum atomic E-state index is 12.6. The zero-order chi connectivity index (χ0) is 14.6. The van der Waals surface area contributed by atoms with Crippen LogP contribution in [0.5, 0.6) is 0 Å². The molecule has 0 aromatic heterocycles. The molecule has 0 amide bonds. The topological polar surface area (TPSA) is 37.4 Å². The maximum Gasteiger partial charge on any atom is 0.341 e. The van der Waals surface area contributed by atoms with Gasteiger partial charge in [-0.3, -0.25) is 0 Å². The van der Waals surface area contributed by atoms with E-state index < -0.39 is 15.6 Å². The molecule has 1 unspecified atom stereocenters. The van der Waals surface area contributed by atoms with Gasteiger partial charge < -0.3 is 4.90 Å². The molecule has 1 aromatic rings. The fraction of sp³-hybridized carbons (Fsp3) is 0.500. The second-order valence-electron chi connectivity index (χ2n) is 4.26. The molecule has 0 bridgehead atoms. The van der Waals surface area contributed by atoms with Gasteiger partial charge in [0.15, 0.2) is 0 Å². The van der Waals surface area contributed by atoms with Gasteiger partial charge >= 0.3 is 5.76 Å². The van der Waals surface area contributed by atoms with E-state index in [1.54, 1.807) is 18.0 Å². The predicted molar refractivity (Wildman–Crippen MR) is 75.9 cm³/mol. The van der Waals surface area contributed by atoms with Gasteiger partial charge in [-0.2, -0.15) is 8.78 Å². The Morgan fingerprint density at radius 3 is 2.42 bits per heavy atom. The first-order chi connectivity index (χ1) is 8.76. The van der Waals surface area contributed by atoms with Gasteiger partial charge in [0.05, 0.1) is 10.6 Å². The number of halogens is 3. The van der Waals surface area contributed by atoms with Crippen LogP contribution in [0.3, 0.4) is 0 Å². The lowest BCUT2D eigenvalue weighted by atomic mass is 10.2. The van der Waals surface area contributed by atoms with Crippen molar-refractivity contribution in [2.75, 3.05) is 18.5 Å². The molecule has 0 spiro atoms. The molecule has 108 valence electrons. The van der Waals surface area contributed by atoms with E-state index in [2.05, 4.69) is 15.9 Å². The van der Waals surface area contributed by atoms with Gasteiger partial charge in [-0.1, -0.05) is 35.0 Å². The van der Waals surface area contributed by atoms with Crippen LogP contribution in [0.25, 0.3) is 0 Å². The van der Waals surface area contributed by atoms with Crippen LogP contribution in [0.4, 0.5) is 14.5 Å². The number of sulfone groups is 1. The molecule has 1 rings (SSSR count). The van der Waals surface area contributed by atoms with Gasteiger partial charge in [0.2, 0.25) is 9.84 Å². The number of alkyl halides is 3. The summed E-state index contributed by atoms with van der Waals surface area (Å²) in [7, 11) is -2.89. The van der Waals surface area contributed by atoms with E-state index in [1.807, 2.05) is 6.92 Å². The van der Waals surface area contributed by atoms with Gasteiger partial charge in [-0.05, 0) is 18.6 Å². The normalized spacial score (nSPS) is 13.6. The van der Waals surface area contributed by atoms with Crippen molar-refractivity contribution in [2.45, 2.75) is 28.8 Å². The highest BCUT2D eigenvalue weighted by atomic mass is 79.9. The van der Waals surface area contributed by atoms with Crippen LogP contribution >= 0.6 is 15.9 Å². The number of benzene rings is 1. The Bertz CT molecular complexity index is 520. The molecule has 0 aliphatic heterocycles. The number of anilines is 1. The van der Waals surface area contributed by atoms with Crippen molar-refractivity contribution in [1.29, 1.82) is 0 Å². The summed E-state index contributed by atoms with van der Waals surface area (Å²) in [5.41, 5.74) is 0.302. The number of rotatable bonds is 6. The summed E-state index contributed by atoms with van der Waals surface area (Å²) in [6, 6.07) is 5.83. The molecule has 0 aliphatic rings. The van der Waals surface area contributed by atoms with Crippen molar-refractivity contribution in [3.05, 3.63) is 24.3 Å². The van der Waals surface area contributed by atoms with Crippen molar-refractivity contribution in [3.63, 3.8) is 0 Å². The summed E-state index contributed by atoms with van der Waals surface area (Å²) in [5.74, 6) is -3.41. The lowest BCUT2D eigenvalue weighted by molar-refractivity contribution is 0.235. The number of nitrogens with zero attached hydrogens (tertiary/aromatic N) is 1. The molecule has 0 N–H and O–H groups in total. The lowest BCUT2D eigenvalue weighted by Gasteiger charge is -2.22. The summed E-state index contributed by atoms with van der Waals surface area (Å²) in [5, 5.41) is 0. The third kappa shape index (κ3) is 4.14. The van der Waals surface area contributed by atoms with Crippen molar-refractivity contribution < 1.29 is 17.2 Å². The molecule has 7 heteroatoms. The SMILES string of the molecule is CC(Br)CCN(C)c1ccccc1S(=O)(=O)C(F)F. The minimum atomic E-state index is -4.58. The van der Waals surface area contributed by atoms with Gasteiger partial charge in [-0.25, -0.2) is 8.42 Å². The first kappa shape index (κ1) is 16.4. The Labute approximate surface area is 120 Å². The Morgan fingerprint density at radius 1 is 1.32 bits per heavy atom. The summed E-state index contributed by atoms with van der Waals surface area (Å²) in [6.45, 7) is 2.54. The molecule has 0 aliphatic carbocycles. The van der Waals surface area contributed by atoms with E-state index in [9.17, 15) is 17.2 Å². The minimum Gasteiger partial charge on any atom is -0.374 e. The number of hydrogen-bond acceptors (Lipinski definition) is 3. The number of para-hydroxylation sites is 1. The van der Waals surface area contributed by atoms with Crippen LogP contribution in [-0.2, 0) is 9.84 Å². The summed E-state index contributed by atoms with van der Waals surface area (Å²) in [6.07, 6.45) is 0.777. The summed E-state index contributed by atoms with van der Waals surface area (Å²) in [4.78, 5) is 1.62. The molecular formula is C12H16BrF2NO2S. The third-order valence-electron chi connectivity index (χ3n) is 2.68. The van der Waals surface area contributed by atoms with E-state index >= 15 is 0 Å². The van der Waals surface area contributed by atoms with Crippen molar-refractivity contribution in [3.8, 4) is 0 Å². The molecule has 0 fully saturated rings. The minimum absolute atomic E-state index is 0.272. The Morgan fingerprint density at radius 2 is 1.89 bits per heavy atom. The molecule has 0 saturated carbocycles. The van der Waals surface area contributed by atoms with Crippen molar-refractivity contribution in [1.82, 2.24) is 0 Å². The largest absolute Gasteiger partial charge is 0.374 e. The zero-order valence-electron chi connectivity index (χ0n) is 10.7. The fourth-order valence-electron chi connectivity index (χ4n) is 1.60. The number of hydrogen-bond donors (Lipinski definition) is 0. The van der Waals surface area contributed by atoms with Crippen LogP contribution in [0.2, 0.25) is 0 Å². The molecule has 3 nitrogen and oxygen atoms in total.